The molecule has 4 heteroatoms. The maximum atomic E-state index is 13.3. The number of hydrogen-bond donors (Lipinski definition) is 0. The maximum Gasteiger partial charge on any atom is 0.268 e. The molecule has 0 spiro atoms. The first-order valence-corrected chi connectivity index (χ1v) is 11.0. The van der Waals surface area contributed by atoms with Crippen molar-refractivity contribution in [3.05, 3.63) is 71.4 Å². The molecule has 3 aromatic rings. The highest BCUT2D eigenvalue weighted by Crippen LogP contribution is 2.47. The molecule has 0 N–H and O–H groups in total. The average Bonchev–Trinajstić information content (AvgIpc) is 3.21. The summed E-state index contributed by atoms with van der Waals surface area (Å²) in [6.45, 7) is 6.59. The van der Waals surface area contributed by atoms with E-state index < -0.39 is 10.0 Å². The van der Waals surface area contributed by atoms with Gasteiger partial charge in [0.2, 0.25) is 0 Å². The van der Waals surface area contributed by atoms with E-state index in [0.717, 1.165) is 23.7 Å². The van der Waals surface area contributed by atoms with E-state index in [1.165, 1.54) is 20.7 Å². The number of benzene rings is 2. The third-order valence-electron chi connectivity index (χ3n) is 5.58. The van der Waals surface area contributed by atoms with Crippen molar-refractivity contribution in [2.24, 2.45) is 0 Å². The second-order valence-electron chi connectivity index (χ2n) is 7.51. The van der Waals surface area contributed by atoms with Crippen molar-refractivity contribution < 1.29 is 8.42 Å². The highest BCUT2D eigenvalue weighted by atomic mass is 32.2. The molecule has 0 amide bonds. The minimum atomic E-state index is -3.62. The van der Waals surface area contributed by atoms with Crippen LogP contribution in [-0.2, 0) is 10.0 Å². The third kappa shape index (κ3) is 2.83. The standard InChI is InChI=1S/C23H25NO2S/c1-4-5-9-18-15-19-12-13-24(27(25,26)20-10-7-6-8-11-20)23(19)22-17(3)14-16(2)21(18)22/h5-13,15-17H,4,14H2,1-3H3/b9-5+/t16-,17+/m1/s1. The van der Waals surface area contributed by atoms with Gasteiger partial charge >= 0.3 is 0 Å². The van der Waals surface area contributed by atoms with Gasteiger partial charge < -0.3 is 0 Å². The summed E-state index contributed by atoms with van der Waals surface area (Å²) < 4.78 is 28.1. The number of hydrogen-bond acceptors (Lipinski definition) is 2. The number of rotatable bonds is 4. The smallest absolute Gasteiger partial charge is 0.241 e. The fourth-order valence-electron chi connectivity index (χ4n) is 4.45. The summed E-state index contributed by atoms with van der Waals surface area (Å²) in [7, 11) is -3.62. The van der Waals surface area contributed by atoms with Gasteiger partial charge in [-0.15, -0.1) is 0 Å². The molecule has 0 saturated heterocycles. The zero-order valence-corrected chi connectivity index (χ0v) is 16.8. The summed E-state index contributed by atoms with van der Waals surface area (Å²) in [5, 5.41) is 0.991. The molecular weight excluding hydrogens is 354 g/mol. The molecule has 27 heavy (non-hydrogen) atoms. The SMILES string of the molecule is CC/C=C/c1cc2ccn(S(=O)(=O)c3ccccc3)c2c2c1[C@H](C)C[C@@H]2C. The molecule has 1 heterocycles. The molecule has 0 radical (unpaired) electrons. The van der Waals surface area contributed by atoms with Gasteiger partial charge in [0.05, 0.1) is 10.4 Å². The molecule has 140 valence electrons. The minimum absolute atomic E-state index is 0.324. The van der Waals surface area contributed by atoms with Crippen LogP contribution < -0.4 is 0 Å². The predicted octanol–water partition coefficient (Wildman–Crippen LogP) is 5.91. The molecule has 0 saturated carbocycles. The van der Waals surface area contributed by atoms with Gasteiger partial charge in [0.25, 0.3) is 10.0 Å². The lowest BCUT2D eigenvalue weighted by atomic mass is 9.94. The second kappa shape index (κ2) is 6.68. The largest absolute Gasteiger partial charge is 0.268 e. The van der Waals surface area contributed by atoms with Gasteiger partial charge in [-0.2, -0.15) is 0 Å². The normalized spacial score (nSPS) is 19.8. The summed E-state index contributed by atoms with van der Waals surface area (Å²) in [5.41, 5.74) is 4.58. The molecule has 2 aromatic carbocycles. The highest BCUT2D eigenvalue weighted by Gasteiger charge is 2.32. The molecule has 4 rings (SSSR count). The van der Waals surface area contributed by atoms with Gasteiger partial charge in [0.15, 0.2) is 0 Å². The van der Waals surface area contributed by atoms with Crippen LogP contribution in [0.4, 0.5) is 0 Å². The molecule has 0 fully saturated rings. The summed E-state index contributed by atoms with van der Waals surface area (Å²) >= 11 is 0. The van der Waals surface area contributed by atoms with E-state index in [-0.39, 0.29) is 0 Å². The van der Waals surface area contributed by atoms with Gasteiger partial charge in [-0.25, -0.2) is 12.4 Å². The van der Waals surface area contributed by atoms with Crippen LogP contribution in [0, 0.1) is 0 Å². The van der Waals surface area contributed by atoms with Crippen LogP contribution in [0.25, 0.3) is 17.0 Å². The lowest BCUT2D eigenvalue weighted by molar-refractivity contribution is 0.589. The summed E-state index contributed by atoms with van der Waals surface area (Å²) in [5.74, 6) is 0.769. The minimum Gasteiger partial charge on any atom is -0.241 e. The van der Waals surface area contributed by atoms with Crippen LogP contribution in [0.3, 0.4) is 0 Å². The Bertz CT molecular complexity index is 1120. The average molecular weight is 380 g/mol. The van der Waals surface area contributed by atoms with Crippen molar-refractivity contribution in [3.8, 4) is 0 Å². The van der Waals surface area contributed by atoms with E-state index in [1.54, 1.807) is 30.5 Å². The molecule has 0 aliphatic heterocycles. The summed E-state index contributed by atoms with van der Waals surface area (Å²) in [6, 6.07) is 12.8. The van der Waals surface area contributed by atoms with Gasteiger partial charge in [0, 0.05) is 11.6 Å². The van der Waals surface area contributed by atoms with Crippen LogP contribution in [0.1, 0.15) is 62.1 Å². The first-order valence-electron chi connectivity index (χ1n) is 9.60. The molecule has 2 atom stereocenters. The topological polar surface area (TPSA) is 39.1 Å². The Hall–Kier alpha value is -2.33. The third-order valence-corrected chi connectivity index (χ3v) is 7.27. The van der Waals surface area contributed by atoms with E-state index in [4.69, 9.17) is 0 Å². The molecule has 0 unspecified atom stereocenters. The van der Waals surface area contributed by atoms with E-state index >= 15 is 0 Å². The van der Waals surface area contributed by atoms with Crippen LogP contribution in [0.5, 0.6) is 0 Å². The van der Waals surface area contributed by atoms with Gasteiger partial charge in [-0.3, -0.25) is 0 Å². The van der Waals surface area contributed by atoms with E-state index in [1.807, 2.05) is 12.1 Å². The Labute approximate surface area is 161 Å². The first-order chi connectivity index (χ1) is 12.9. The molecule has 0 bridgehead atoms. The Morgan fingerprint density at radius 1 is 1.07 bits per heavy atom. The highest BCUT2D eigenvalue weighted by molar-refractivity contribution is 7.90. The number of allylic oxidation sites excluding steroid dienone is 1. The molecule has 3 nitrogen and oxygen atoms in total. The lowest BCUT2D eigenvalue weighted by Crippen LogP contribution is -2.13. The van der Waals surface area contributed by atoms with Crippen LogP contribution in [0.15, 0.2) is 59.6 Å². The quantitative estimate of drug-likeness (QED) is 0.565. The lowest BCUT2D eigenvalue weighted by Gasteiger charge is -2.15. The second-order valence-corrected chi connectivity index (χ2v) is 9.32. The van der Waals surface area contributed by atoms with Crippen molar-refractivity contribution in [1.82, 2.24) is 3.97 Å². The zero-order chi connectivity index (χ0) is 19.2. The van der Waals surface area contributed by atoms with Gasteiger partial charge in [-0.05, 0) is 65.6 Å². The predicted molar refractivity (Wildman–Crippen MR) is 112 cm³/mol. The number of fused-ring (bicyclic) bond motifs is 3. The van der Waals surface area contributed by atoms with Crippen LogP contribution in [0.2, 0.25) is 0 Å². The number of nitrogens with zero attached hydrogens (tertiary/aromatic N) is 1. The van der Waals surface area contributed by atoms with E-state index in [9.17, 15) is 8.42 Å². The fraction of sp³-hybridized carbons (Fsp3) is 0.304. The van der Waals surface area contributed by atoms with Crippen molar-refractivity contribution in [3.63, 3.8) is 0 Å². The van der Waals surface area contributed by atoms with Gasteiger partial charge in [0.1, 0.15) is 0 Å². The van der Waals surface area contributed by atoms with Crippen LogP contribution >= 0.6 is 0 Å². The fourth-order valence-corrected chi connectivity index (χ4v) is 5.85. The van der Waals surface area contributed by atoms with Crippen molar-refractivity contribution >= 4 is 27.0 Å². The van der Waals surface area contributed by atoms with Crippen molar-refractivity contribution in [1.29, 1.82) is 0 Å². The Kier molecular flexibility index (Phi) is 4.47. The monoisotopic (exact) mass is 379 g/mol. The van der Waals surface area contributed by atoms with E-state index in [2.05, 4.69) is 39.0 Å². The molecular formula is C23H25NO2S. The van der Waals surface area contributed by atoms with Crippen LogP contribution in [-0.4, -0.2) is 12.4 Å². The molecule has 1 aliphatic carbocycles. The summed E-state index contributed by atoms with van der Waals surface area (Å²) in [4.78, 5) is 0.324. The Morgan fingerprint density at radius 3 is 2.48 bits per heavy atom. The van der Waals surface area contributed by atoms with Gasteiger partial charge in [-0.1, -0.05) is 51.1 Å². The Balaban J connectivity index is 2.03. The van der Waals surface area contributed by atoms with Crippen molar-refractivity contribution in [2.45, 2.75) is 50.3 Å². The molecule has 1 aromatic heterocycles. The zero-order valence-electron chi connectivity index (χ0n) is 16.0. The maximum absolute atomic E-state index is 13.3. The van der Waals surface area contributed by atoms with Crippen molar-refractivity contribution in [2.75, 3.05) is 0 Å². The first kappa shape index (κ1) is 18.1. The number of aromatic nitrogens is 1. The Morgan fingerprint density at radius 2 is 1.78 bits per heavy atom. The molecule has 1 aliphatic rings. The van der Waals surface area contributed by atoms with E-state index in [0.29, 0.717) is 16.7 Å². The summed E-state index contributed by atoms with van der Waals surface area (Å²) in [6.07, 6.45) is 8.11.